The monoisotopic (exact) mass is 404 g/mol. The molecule has 154 valence electrons. The van der Waals surface area contributed by atoms with Gasteiger partial charge in [0.05, 0.1) is 14.2 Å². The number of hydrogen-bond acceptors (Lipinski definition) is 5. The van der Waals surface area contributed by atoms with E-state index >= 15 is 0 Å². The highest BCUT2D eigenvalue weighted by molar-refractivity contribution is 6.43. The Hall–Kier alpha value is -3.54. The maximum atomic E-state index is 12.9. The zero-order valence-corrected chi connectivity index (χ0v) is 17.1. The lowest BCUT2D eigenvalue weighted by atomic mass is 10.0. The fourth-order valence-electron chi connectivity index (χ4n) is 3.80. The number of nitrogens with zero attached hydrogens (tertiary/aromatic N) is 2. The number of amides is 1. The lowest BCUT2D eigenvalue weighted by molar-refractivity contribution is -0.126. The molecule has 0 radical (unpaired) electrons. The van der Waals surface area contributed by atoms with Crippen LogP contribution >= 0.6 is 0 Å². The molecule has 1 aliphatic heterocycles. The Labute approximate surface area is 175 Å². The second-order valence-corrected chi connectivity index (χ2v) is 7.21. The van der Waals surface area contributed by atoms with Gasteiger partial charge in [-0.3, -0.25) is 9.59 Å². The number of carbonyl (C=O) groups is 2. The summed E-state index contributed by atoms with van der Waals surface area (Å²) in [5, 5.41) is 1.79. The number of ketones is 1. The van der Waals surface area contributed by atoms with Crippen LogP contribution in [-0.2, 0) is 4.79 Å². The van der Waals surface area contributed by atoms with E-state index in [2.05, 4.69) is 4.90 Å². The molecule has 0 atom stereocenters. The highest BCUT2D eigenvalue weighted by Crippen LogP contribution is 2.28. The molecule has 1 heterocycles. The summed E-state index contributed by atoms with van der Waals surface area (Å²) in [6.07, 6.45) is 0. The Morgan fingerprint density at radius 2 is 1.53 bits per heavy atom. The van der Waals surface area contributed by atoms with Gasteiger partial charge in [0, 0.05) is 42.8 Å². The second-order valence-electron chi connectivity index (χ2n) is 7.21. The Kier molecular flexibility index (Phi) is 5.57. The Bertz CT molecular complexity index is 1070. The minimum absolute atomic E-state index is 0.355. The number of Topliss-reactive ketones (excluding diaryl/α,β-unsaturated/α-hetero) is 1. The predicted octanol–water partition coefficient (Wildman–Crippen LogP) is 3.39. The number of piperazine rings is 1. The average molecular weight is 404 g/mol. The van der Waals surface area contributed by atoms with Gasteiger partial charge >= 0.3 is 0 Å². The van der Waals surface area contributed by atoms with E-state index in [0.29, 0.717) is 37.5 Å². The van der Waals surface area contributed by atoms with Crippen LogP contribution in [0.1, 0.15) is 10.4 Å². The van der Waals surface area contributed by atoms with Gasteiger partial charge in [0.2, 0.25) is 0 Å². The summed E-state index contributed by atoms with van der Waals surface area (Å²) in [5.41, 5.74) is 1.43. The third-order valence-electron chi connectivity index (χ3n) is 5.50. The summed E-state index contributed by atoms with van der Waals surface area (Å²) < 4.78 is 10.6. The second kappa shape index (κ2) is 8.45. The molecular formula is C24H24N2O4. The smallest absolute Gasteiger partial charge is 0.295 e. The number of anilines is 1. The maximum absolute atomic E-state index is 12.9. The molecule has 0 saturated carbocycles. The quantitative estimate of drug-likeness (QED) is 0.482. The Balaban J connectivity index is 1.46. The van der Waals surface area contributed by atoms with Gasteiger partial charge in [-0.15, -0.1) is 0 Å². The fraction of sp³-hybridized carbons (Fsp3) is 0.250. The lowest BCUT2D eigenvalue weighted by Crippen LogP contribution is -2.50. The van der Waals surface area contributed by atoms with Crippen molar-refractivity contribution in [3.8, 4) is 11.5 Å². The van der Waals surface area contributed by atoms with Crippen molar-refractivity contribution >= 4 is 28.2 Å². The van der Waals surface area contributed by atoms with E-state index in [1.165, 1.54) is 0 Å². The minimum atomic E-state index is -0.503. The highest BCUT2D eigenvalue weighted by atomic mass is 16.5. The summed E-state index contributed by atoms with van der Waals surface area (Å²) in [5.74, 6) is 0.427. The first-order chi connectivity index (χ1) is 14.6. The molecule has 3 aromatic rings. The minimum Gasteiger partial charge on any atom is -0.497 e. The average Bonchev–Trinajstić information content (AvgIpc) is 2.82. The van der Waals surface area contributed by atoms with Crippen LogP contribution < -0.4 is 14.4 Å². The first-order valence-corrected chi connectivity index (χ1v) is 9.90. The van der Waals surface area contributed by atoms with Crippen LogP contribution in [0, 0.1) is 0 Å². The molecule has 0 aliphatic carbocycles. The van der Waals surface area contributed by atoms with Gasteiger partial charge in [-0.25, -0.2) is 0 Å². The van der Waals surface area contributed by atoms with Gasteiger partial charge in [-0.2, -0.15) is 0 Å². The predicted molar refractivity (Wildman–Crippen MR) is 117 cm³/mol. The van der Waals surface area contributed by atoms with E-state index in [1.54, 1.807) is 31.3 Å². The van der Waals surface area contributed by atoms with Crippen molar-refractivity contribution in [1.82, 2.24) is 4.90 Å². The molecule has 1 aliphatic rings. The van der Waals surface area contributed by atoms with Crippen molar-refractivity contribution < 1.29 is 19.1 Å². The van der Waals surface area contributed by atoms with Crippen LogP contribution in [-0.4, -0.2) is 57.0 Å². The van der Waals surface area contributed by atoms with Crippen LogP contribution in [0.25, 0.3) is 10.8 Å². The zero-order valence-electron chi connectivity index (χ0n) is 17.1. The number of benzene rings is 3. The van der Waals surface area contributed by atoms with Gasteiger partial charge in [-0.1, -0.05) is 24.3 Å². The standard InChI is InChI=1S/C24H24N2O4/c1-29-20-9-7-19(8-10-20)25-11-13-26(14-12-25)24(28)23(27)18-15-17-5-3-4-6-21(17)22(16-18)30-2/h3-10,15-16H,11-14H2,1-2H3. The van der Waals surface area contributed by atoms with E-state index in [9.17, 15) is 9.59 Å². The fourth-order valence-corrected chi connectivity index (χ4v) is 3.80. The molecule has 1 fully saturated rings. The van der Waals surface area contributed by atoms with Gasteiger partial charge in [-0.05, 0) is 41.8 Å². The summed E-state index contributed by atoms with van der Waals surface area (Å²) in [7, 11) is 3.21. The van der Waals surface area contributed by atoms with Gasteiger partial charge in [0.15, 0.2) is 0 Å². The summed E-state index contributed by atoms with van der Waals surface area (Å²) >= 11 is 0. The van der Waals surface area contributed by atoms with Crippen LogP contribution in [0.2, 0.25) is 0 Å². The molecule has 1 saturated heterocycles. The van der Waals surface area contributed by atoms with Crippen molar-refractivity contribution in [2.24, 2.45) is 0 Å². The summed E-state index contributed by atoms with van der Waals surface area (Å²) in [6.45, 7) is 2.35. The van der Waals surface area contributed by atoms with Crippen molar-refractivity contribution in [3.05, 3.63) is 66.2 Å². The van der Waals surface area contributed by atoms with Gasteiger partial charge in [0.25, 0.3) is 11.7 Å². The molecule has 30 heavy (non-hydrogen) atoms. The Morgan fingerprint density at radius 1 is 0.833 bits per heavy atom. The van der Waals surface area contributed by atoms with Crippen molar-refractivity contribution in [2.75, 3.05) is 45.3 Å². The maximum Gasteiger partial charge on any atom is 0.295 e. The number of rotatable bonds is 5. The molecule has 0 bridgehead atoms. The van der Waals surface area contributed by atoms with Crippen LogP contribution in [0.5, 0.6) is 11.5 Å². The van der Waals surface area contributed by atoms with E-state index < -0.39 is 11.7 Å². The summed E-state index contributed by atoms with van der Waals surface area (Å²) in [4.78, 5) is 29.6. The van der Waals surface area contributed by atoms with Crippen LogP contribution in [0.3, 0.4) is 0 Å². The third-order valence-corrected chi connectivity index (χ3v) is 5.50. The normalized spacial score (nSPS) is 13.9. The van der Waals surface area contributed by atoms with E-state index in [1.807, 2.05) is 48.5 Å². The lowest BCUT2D eigenvalue weighted by Gasteiger charge is -2.35. The first kappa shape index (κ1) is 19.8. The largest absolute Gasteiger partial charge is 0.497 e. The molecule has 4 rings (SSSR count). The van der Waals surface area contributed by atoms with Crippen LogP contribution in [0.4, 0.5) is 5.69 Å². The van der Waals surface area contributed by atoms with Crippen LogP contribution in [0.15, 0.2) is 60.7 Å². The highest BCUT2D eigenvalue weighted by Gasteiger charge is 2.27. The number of methoxy groups -OCH3 is 2. The van der Waals surface area contributed by atoms with E-state index in [-0.39, 0.29) is 0 Å². The molecule has 0 N–H and O–H groups in total. The summed E-state index contributed by atoms with van der Waals surface area (Å²) in [6, 6.07) is 18.9. The number of fused-ring (bicyclic) bond motifs is 1. The van der Waals surface area contributed by atoms with Crippen molar-refractivity contribution in [3.63, 3.8) is 0 Å². The zero-order chi connectivity index (χ0) is 21.1. The number of carbonyl (C=O) groups excluding carboxylic acids is 2. The third kappa shape index (κ3) is 3.81. The molecule has 6 nitrogen and oxygen atoms in total. The molecule has 0 spiro atoms. The van der Waals surface area contributed by atoms with E-state index in [4.69, 9.17) is 9.47 Å². The Morgan fingerprint density at radius 3 is 2.20 bits per heavy atom. The first-order valence-electron chi connectivity index (χ1n) is 9.90. The van der Waals surface area contributed by atoms with Crippen molar-refractivity contribution in [1.29, 1.82) is 0 Å². The van der Waals surface area contributed by atoms with Gasteiger partial charge in [0.1, 0.15) is 11.5 Å². The molecule has 0 aromatic heterocycles. The molecule has 6 heteroatoms. The topological polar surface area (TPSA) is 59.1 Å². The van der Waals surface area contributed by atoms with Gasteiger partial charge < -0.3 is 19.3 Å². The molecule has 0 unspecified atom stereocenters. The SMILES string of the molecule is COc1ccc(N2CCN(C(=O)C(=O)c3cc(OC)c4ccccc4c3)CC2)cc1. The number of ether oxygens (including phenoxy) is 2. The molecule has 1 amide bonds. The molecular weight excluding hydrogens is 380 g/mol. The molecule has 3 aromatic carbocycles. The van der Waals surface area contributed by atoms with Crippen molar-refractivity contribution in [2.45, 2.75) is 0 Å². The number of hydrogen-bond donors (Lipinski definition) is 0. The van der Waals surface area contributed by atoms with E-state index in [0.717, 1.165) is 22.2 Å².